The first-order chi connectivity index (χ1) is 8.45. The molecule has 18 heavy (non-hydrogen) atoms. The van der Waals surface area contributed by atoms with Crippen LogP contribution < -0.4 is 9.88 Å². The van der Waals surface area contributed by atoms with Gasteiger partial charge in [-0.05, 0) is 48.5 Å². The molecule has 0 atom stereocenters. The summed E-state index contributed by atoms with van der Waals surface area (Å²) in [7, 11) is -3.69. The Labute approximate surface area is 104 Å². The zero-order chi connectivity index (χ0) is 13.2. The lowest BCUT2D eigenvalue weighted by Gasteiger charge is -2.06. The number of nitrogens with two attached hydrogens (primary N) is 1. The third-order valence-electron chi connectivity index (χ3n) is 2.22. The Morgan fingerprint density at radius 3 is 1.78 bits per heavy atom. The summed E-state index contributed by atoms with van der Waals surface area (Å²) in [6.45, 7) is 0. The molecule has 0 saturated heterocycles. The lowest BCUT2D eigenvalue weighted by atomic mass is 10.3. The fraction of sp³-hybridized carbons (Fsp3) is 0. The summed E-state index contributed by atoms with van der Waals surface area (Å²) in [4.78, 5) is 0.0283. The fourth-order valence-corrected chi connectivity index (χ4v) is 1.86. The highest BCUT2D eigenvalue weighted by Gasteiger charge is 2.07. The van der Waals surface area contributed by atoms with Crippen molar-refractivity contribution in [1.82, 2.24) is 0 Å². The van der Waals surface area contributed by atoms with E-state index < -0.39 is 10.0 Å². The number of aromatic hydroxyl groups is 1. The van der Waals surface area contributed by atoms with Crippen LogP contribution in [0.3, 0.4) is 0 Å². The summed E-state index contributed by atoms with van der Waals surface area (Å²) in [5.41, 5.74) is 0. The monoisotopic (exact) mass is 265 g/mol. The summed E-state index contributed by atoms with van der Waals surface area (Å²) in [5, 5.41) is 14.1. The predicted octanol–water partition coefficient (Wildman–Crippen LogP) is 1.83. The number of hydrogen-bond donors (Lipinski definition) is 2. The Morgan fingerprint density at radius 2 is 1.33 bits per heavy atom. The van der Waals surface area contributed by atoms with E-state index in [0.29, 0.717) is 11.5 Å². The predicted molar refractivity (Wildman–Crippen MR) is 66.0 cm³/mol. The molecular formula is C12H11NO4S. The van der Waals surface area contributed by atoms with Crippen molar-refractivity contribution in [3.05, 3.63) is 48.5 Å². The van der Waals surface area contributed by atoms with Gasteiger partial charge in [-0.15, -0.1) is 0 Å². The second-order valence-electron chi connectivity index (χ2n) is 3.61. The quantitative estimate of drug-likeness (QED) is 0.886. The van der Waals surface area contributed by atoms with Gasteiger partial charge in [-0.25, -0.2) is 13.6 Å². The van der Waals surface area contributed by atoms with Crippen molar-refractivity contribution in [2.45, 2.75) is 4.90 Å². The summed E-state index contributed by atoms with van der Waals surface area (Å²) < 4.78 is 27.6. The normalized spacial score (nSPS) is 11.2. The zero-order valence-electron chi connectivity index (χ0n) is 9.28. The molecule has 6 heteroatoms. The topological polar surface area (TPSA) is 89.6 Å². The van der Waals surface area contributed by atoms with Crippen molar-refractivity contribution in [2.24, 2.45) is 5.14 Å². The average Bonchev–Trinajstić information content (AvgIpc) is 2.32. The van der Waals surface area contributed by atoms with Gasteiger partial charge in [-0.3, -0.25) is 0 Å². The van der Waals surface area contributed by atoms with E-state index in [-0.39, 0.29) is 10.6 Å². The van der Waals surface area contributed by atoms with Crippen molar-refractivity contribution in [3.8, 4) is 17.2 Å². The number of primary sulfonamides is 1. The fourth-order valence-electron chi connectivity index (χ4n) is 1.35. The van der Waals surface area contributed by atoms with Gasteiger partial charge < -0.3 is 9.84 Å². The van der Waals surface area contributed by atoms with Gasteiger partial charge in [0.2, 0.25) is 10.0 Å². The molecule has 0 aliphatic carbocycles. The molecule has 5 nitrogen and oxygen atoms in total. The Morgan fingerprint density at radius 1 is 0.889 bits per heavy atom. The number of phenols is 1. The van der Waals surface area contributed by atoms with Crippen LogP contribution >= 0.6 is 0 Å². The molecule has 3 N–H and O–H groups in total. The van der Waals surface area contributed by atoms with Crippen LogP contribution in [0.25, 0.3) is 0 Å². The Hall–Kier alpha value is -2.05. The Kier molecular flexibility index (Phi) is 3.22. The van der Waals surface area contributed by atoms with Gasteiger partial charge in [0.1, 0.15) is 17.2 Å². The van der Waals surface area contributed by atoms with E-state index in [2.05, 4.69) is 0 Å². The highest BCUT2D eigenvalue weighted by atomic mass is 32.2. The Balaban J connectivity index is 2.18. The molecule has 0 unspecified atom stereocenters. The van der Waals surface area contributed by atoms with Crippen LogP contribution in [0.15, 0.2) is 53.4 Å². The summed E-state index contributed by atoms with van der Waals surface area (Å²) in [6, 6.07) is 11.9. The molecule has 0 spiro atoms. The molecule has 0 fully saturated rings. The number of rotatable bonds is 3. The van der Waals surface area contributed by atoms with Gasteiger partial charge in [0.25, 0.3) is 0 Å². The smallest absolute Gasteiger partial charge is 0.238 e. The molecule has 94 valence electrons. The van der Waals surface area contributed by atoms with Crippen molar-refractivity contribution in [2.75, 3.05) is 0 Å². The first kappa shape index (κ1) is 12.4. The van der Waals surface area contributed by atoms with E-state index in [1.54, 1.807) is 12.1 Å². The summed E-state index contributed by atoms with van der Waals surface area (Å²) in [5.74, 6) is 1.16. The second kappa shape index (κ2) is 4.67. The van der Waals surface area contributed by atoms with Gasteiger partial charge in [0, 0.05) is 0 Å². The molecule has 0 amide bonds. The molecule has 2 rings (SSSR count). The third-order valence-corrected chi connectivity index (χ3v) is 3.15. The van der Waals surface area contributed by atoms with Gasteiger partial charge in [-0.2, -0.15) is 0 Å². The molecule has 0 heterocycles. The van der Waals surface area contributed by atoms with E-state index in [1.165, 1.54) is 36.4 Å². The average molecular weight is 265 g/mol. The van der Waals surface area contributed by atoms with E-state index >= 15 is 0 Å². The highest BCUT2D eigenvalue weighted by molar-refractivity contribution is 7.89. The maximum absolute atomic E-state index is 11.0. The molecule has 0 aromatic heterocycles. The Bertz CT molecular complexity index is 633. The highest BCUT2D eigenvalue weighted by Crippen LogP contribution is 2.24. The lowest BCUT2D eigenvalue weighted by molar-refractivity contribution is 0.464. The maximum atomic E-state index is 11.0. The van der Waals surface area contributed by atoms with E-state index in [0.717, 1.165) is 0 Å². The molecular weight excluding hydrogens is 254 g/mol. The van der Waals surface area contributed by atoms with Gasteiger partial charge >= 0.3 is 0 Å². The molecule has 0 saturated carbocycles. The van der Waals surface area contributed by atoms with Crippen molar-refractivity contribution in [1.29, 1.82) is 0 Å². The van der Waals surface area contributed by atoms with Crippen LogP contribution in [0.2, 0.25) is 0 Å². The van der Waals surface area contributed by atoms with Crippen LogP contribution in [0, 0.1) is 0 Å². The first-order valence-corrected chi connectivity index (χ1v) is 6.59. The molecule has 2 aromatic rings. The van der Waals surface area contributed by atoms with Crippen molar-refractivity contribution >= 4 is 10.0 Å². The van der Waals surface area contributed by atoms with Crippen LogP contribution in [-0.2, 0) is 10.0 Å². The first-order valence-electron chi connectivity index (χ1n) is 5.05. The molecule has 0 radical (unpaired) electrons. The minimum atomic E-state index is -3.69. The van der Waals surface area contributed by atoms with Crippen molar-refractivity contribution < 1.29 is 18.3 Å². The standard InChI is InChI=1S/C12H11NO4S/c13-18(15,16)12-7-5-11(6-8-12)17-10-3-1-9(14)2-4-10/h1-8,14H,(H2,13,15,16). The van der Waals surface area contributed by atoms with Crippen molar-refractivity contribution in [3.63, 3.8) is 0 Å². The van der Waals surface area contributed by atoms with E-state index in [9.17, 15) is 8.42 Å². The molecule has 0 aliphatic heterocycles. The third kappa shape index (κ3) is 2.99. The van der Waals surface area contributed by atoms with Crippen LogP contribution in [0.5, 0.6) is 17.2 Å². The maximum Gasteiger partial charge on any atom is 0.238 e. The van der Waals surface area contributed by atoms with Crippen LogP contribution in [0.4, 0.5) is 0 Å². The largest absolute Gasteiger partial charge is 0.508 e. The van der Waals surface area contributed by atoms with Crippen LogP contribution in [-0.4, -0.2) is 13.5 Å². The summed E-state index contributed by atoms with van der Waals surface area (Å²) in [6.07, 6.45) is 0. The molecule has 2 aromatic carbocycles. The SMILES string of the molecule is NS(=O)(=O)c1ccc(Oc2ccc(O)cc2)cc1. The van der Waals surface area contributed by atoms with E-state index in [4.69, 9.17) is 15.0 Å². The number of phenolic OH excluding ortho intramolecular Hbond substituents is 1. The van der Waals surface area contributed by atoms with Gasteiger partial charge in [0.15, 0.2) is 0 Å². The summed E-state index contributed by atoms with van der Waals surface area (Å²) >= 11 is 0. The number of ether oxygens (including phenoxy) is 1. The van der Waals surface area contributed by atoms with E-state index in [1.807, 2.05) is 0 Å². The minimum Gasteiger partial charge on any atom is -0.508 e. The van der Waals surface area contributed by atoms with Gasteiger partial charge in [-0.1, -0.05) is 0 Å². The number of benzene rings is 2. The zero-order valence-corrected chi connectivity index (χ0v) is 10.1. The molecule has 0 aliphatic rings. The lowest BCUT2D eigenvalue weighted by Crippen LogP contribution is -2.11. The number of sulfonamides is 1. The molecule has 0 bridgehead atoms. The van der Waals surface area contributed by atoms with Crippen LogP contribution in [0.1, 0.15) is 0 Å². The van der Waals surface area contributed by atoms with Gasteiger partial charge in [0.05, 0.1) is 4.90 Å². The minimum absolute atomic E-state index is 0.0283. The second-order valence-corrected chi connectivity index (χ2v) is 5.17. The number of hydrogen-bond acceptors (Lipinski definition) is 4.